The third-order valence-electron chi connectivity index (χ3n) is 4.48. The summed E-state index contributed by atoms with van der Waals surface area (Å²) in [7, 11) is 4.25. The molecule has 0 radical (unpaired) electrons. The van der Waals surface area contributed by atoms with Crippen LogP contribution in [0.2, 0.25) is 0 Å². The quantitative estimate of drug-likeness (QED) is 0.600. The van der Waals surface area contributed by atoms with E-state index in [1.54, 1.807) is 0 Å². The third kappa shape index (κ3) is 7.26. The molecule has 0 aromatic heterocycles. The Morgan fingerprint density at radius 2 is 1.81 bits per heavy atom. The van der Waals surface area contributed by atoms with E-state index in [4.69, 9.17) is 0 Å². The molecule has 0 aromatic rings. The minimum Gasteiger partial charge on any atom is -0.309 e. The van der Waals surface area contributed by atoms with E-state index in [1.807, 2.05) is 0 Å². The van der Waals surface area contributed by atoms with E-state index in [0.29, 0.717) is 6.04 Å². The molecule has 0 amide bonds. The summed E-state index contributed by atoms with van der Waals surface area (Å²) < 4.78 is 0. The maximum Gasteiger partial charge on any atom is 0.106 e. The van der Waals surface area contributed by atoms with Crippen LogP contribution >= 0.6 is 0 Å². The SMILES string of the molecule is CCN(CCCN(C)C)CCCC(C#N)(CC)NC1CC1. The van der Waals surface area contributed by atoms with Crippen LogP contribution in [-0.2, 0) is 0 Å². The second-order valence-electron chi connectivity index (χ2n) is 6.66. The van der Waals surface area contributed by atoms with Crippen LogP contribution in [0.25, 0.3) is 0 Å². The molecule has 1 unspecified atom stereocenters. The molecule has 1 fully saturated rings. The van der Waals surface area contributed by atoms with Gasteiger partial charge in [0.15, 0.2) is 0 Å². The molecule has 1 atom stereocenters. The smallest absolute Gasteiger partial charge is 0.106 e. The minimum absolute atomic E-state index is 0.287. The lowest BCUT2D eigenvalue weighted by Crippen LogP contribution is -2.45. The molecule has 0 spiro atoms. The Hall–Kier alpha value is -0.630. The lowest BCUT2D eigenvalue weighted by molar-refractivity contribution is 0.248. The van der Waals surface area contributed by atoms with E-state index < -0.39 is 0 Å². The van der Waals surface area contributed by atoms with Crippen molar-refractivity contribution in [2.45, 2.75) is 64.0 Å². The molecule has 0 bridgehead atoms. The Labute approximate surface area is 131 Å². The van der Waals surface area contributed by atoms with Gasteiger partial charge in [0, 0.05) is 6.04 Å². The molecule has 0 saturated heterocycles. The molecule has 1 aliphatic carbocycles. The summed E-state index contributed by atoms with van der Waals surface area (Å²) in [5, 5.41) is 13.1. The summed E-state index contributed by atoms with van der Waals surface area (Å²) in [6.07, 6.45) is 6.70. The van der Waals surface area contributed by atoms with Crippen molar-refractivity contribution in [3.05, 3.63) is 0 Å². The summed E-state index contributed by atoms with van der Waals surface area (Å²) in [4.78, 5) is 4.75. The second-order valence-corrected chi connectivity index (χ2v) is 6.66. The van der Waals surface area contributed by atoms with Gasteiger partial charge in [-0.2, -0.15) is 5.26 Å². The van der Waals surface area contributed by atoms with E-state index in [1.165, 1.54) is 19.3 Å². The van der Waals surface area contributed by atoms with Gasteiger partial charge in [-0.1, -0.05) is 13.8 Å². The van der Waals surface area contributed by atoms with Crippen LogP contribution in [0, 0.1) is 11.3 Å². The molecule has 4 nitrogen and oxygen atoms in total. The number of nitriles is 1. The lowest BCUT2D eigenvalue weighted by Gasteiger charge is -2.28. The van der Waals surface area contributed by atoms with Crippen molar-refractivity contribution in [2.24, 2.45) is 0 Å². The highest BCUT2D eigenvalue weighted by atomic mass is 15.1. The summed E-state index contributed by atoms with van der Waals surface area (Å²) >= 11 is 0. The molecule has 0 aliphatic heterocycles. The summed E-state index contributed by atoms with van der Waals surface area (Å²) in [5.41, 5.74) is -0.287. The van der Waals surface area contributed by atoms with Gasteiger partial charge < -0.3 is 9.80 Å². The highest BCUT2D eigenvalue weighted by molar-refractivity contribution is 5.09. The first kappa shape index (κ1) is 18.4. The molecule has 0 aromatic carbocycles. The van der Waals surface area contributed by atoms with Crippen LogP contribution in [0.15, 0.2) is 0 Å². The minimum atomic E-state index is -0.287. The third-order valence-corrected chi connectivity index (χ3v) is 4.48. The molecule has 1 N–H and O–H groups in total. The van der Waals surface area contributed by atoms with Crippen LogP contribution in [0.1, 0.15) is 52.4 Å². The van der Waals surface area contributed by atoms with Crippen LogP contribution < -0.4 is 5.32 Å². The fourth-order valence-corrected chi connectivity index (χ4v) is 2.78. The molecule has 21 heavy (non-hydrogen) atoms. The molecular formula is C17H34N4. The van der Waals surface area contributed by atoms with Crippen molar-refractivity contribution >= 4 is 0 Å². The van der Waals surface area contributed by atoms with Gasteiger partial charge in [-0.15, -0.1) is 0 Å². The van der Waals surface area contributed by atoms with Gasteiger partial charge in [0.25, 0.3) is 0 Å². The van der Waals surface area contributed by atoms with Gasteiger partial charge in [-0.05, 0) is 78.8 Å². The first-order valence-electron chi connectivity index (χ1n) is 8.61. The maximum atomic E-state index is 9.55. The van der Waals surface area contributed by atoms with Crippen molar-refractivity contribution in [1.82, 2.24) is 15.1 Å². The monoisotopic (exact) mass is 294 g/mol. The van der Waals surface area contributed by atoms with Crippen molar-refractivity contribution in [2.75, 3.05) is 40.3 Å². The van der Waals surface area contributed by atoms with Crippen molar-refractivity contribution in [3.8, 4) is 6.07 Å². The van der Waals surface area contributed by atoms with Crippen LogP contribution in [0.4, 0.5) is 0 Å². The van der Waals surface area contributed by atoms with Gasteiger partial charge >= 0.3 is 0 Å². The molecule has 4 heteroatoms. The van der Waals surface area contributed by atoms with Crippen LogP contribution in [0.3, 0.4) is 0 Å². The zero-order valence-electron chi connectivity index (χ0n) is 14.5. The normalized spacial score (nSPS) is 18.0. The highest BCUT2D eigenvalue weighted by Crippen LogP contribution is 2.26. The predicted octanol–water partition coefficient (Wildman–Crippen LogP) is 2.46. The van der Waals surface area contributed by atoms with E-state index in [0.717, 1.165) is 45.4 Å². The number of hydrogen-bond acceptors (Lipinski definition) is 4. The molecule has 1 saturated carbocycles. The number of nitrogens with one attached hydrogen (secondary N) is 1. The van der Waals surface area contributed by atoms with Crippen molar-refractivity contribution in [3.63, 3.8) is 0 Å². The number of nitrogens with zero attached hydrogens (tertiary/aromatic N) is 3. The van der Waals surface area contributed by atoms with Gasteiger partial charge in [0.2, 0.25) is 0 Å². The predicted molar refractivity (Wildman–Crippen MR) is 89.3 cm³/mol. The second kappa shape index (κ2) is 9.40. The topological polar surface area (TPSA) is 42.3 Å². The Balaban J connectivity index is 2.28. The Bertz CT molecular complexity index is 319. The maximum absolute atomic E-state index is 9.55. The van der Waals surface area contributed by atoms with Crippen molar-refractivity contribution in [1.29, 1.82) is 5.26 Å². The summed E-state index contributed by atoms with van der Waals surface area (Å²) in [6.45, 7) is 8.89. The first-order valence-corrected chi connectivity index (χ1v) is 8.61. The van der Waals surface area contributed by atoms with Gasteiger partial charge in [0.1, 0.15) is 5.54 Å². The Morgan fingerprint density at radius 3 is 2.29 bits per heavy atom. The van der Waals surface area contributed by atoms with E-state index in [9.17, 15) is 5.26 Å². The molecule has 0 heterocycles. The first-order chi connectivity index (χ1) is 10.0. The Kier molecular flexibility index (Phi) is 8.24. The van der Waals surface area contributed by atoms with Gasteiger partial charge in [0.05, 0.1) is 6.07 Å². The largest absolute Gasteiger partial charge is 0.309 e. The molecule has 1 rings (SSSR count). The zero-order chi connectivity index (χ0) is 15.7. The van der Waals surface area contributed by atoms with Crippen LogP contribution in [0.5, 0.6) is 0 Å². The molecule has 1 aliphatic rings. The fourth-order valence-electron chi connectivity index (χ4n) is 2.78. The van der Waals surface area contributed by atoms with Gasteiger partial charge in [-0.3, -0.25) is 5.32 Å². The summed E-state index contributed by atoms with van der Waals surface area (Å²) in [6, 6.07) is 3.15. The highest BCUT2D eigenvalue weighted by Gasteiger charge is 2.34. The van der Waals surface area contributed by atoms with Crippen molar-refractivity contribution < 1.29 is 0 Å². The van der Waals surface area contributed by atoms with Gasteiger partial charge in [-0.25, -0.2) is 0 Å². The van der Waals surface area contributed by atoms with E-state index in [-0.39, 0.29) is 5.54 Å². The average Bonchev–Trinajstić information content (AvgIpc) is 3.28. The fraction of sp³-hybridized carbons (Fsp3) is 0.941. The lowest BCUT2D eigenvalue weighted by atomic mass is 9.91. The Morgan fingerprint density at radius 1 is 1.14 bits per heavy atom. The standard InChI is InChI=1S/C17H34N4/c1-5-17(15-18,19-16-9-10-16)11-7-13-21(6-2)14-8-12-20(3)4/h16,19H,5-14H2,1-4H3. The summed E-state index contributed by atoms with van der Waals surface area (Å²) in [5.74, 6) is 0. The van der Waals surface area contributed by atoms with E-state index in [2.05, 4.69) is 49.1 Å². The molecule has 122 valence electrons. The van der Waals surface area contributed by atoms with E-state index >= 15 is 0 Å². The number of hydrogen-bond donors (Lipinski definition) is 1. The number of rotatable bonds is 12. The average molecular weight is 294 g/mol. The zero-order valence-corrected chi connectivity index (χ0v) is 14.5. The van der Waals surface area contributed by atoms with Crippen LogP contribution in [-0.4, -0.2) is 61.7 Å². The molecular weight excluding hydrogens is 260 g/mol.